The van der Waals surface area contributed by atoms with Gasteiger partial charge in [-0.15, -0.1) is 0 Å². The summed E-state index contributed by atoms with van der Waals surface area (Å²) in [5.41, 5.74) is 1.45. The third-order valence-corrected chi connectivity index (χ3v) is 6.40. The number of carboxylic acids is 1. The number of fused-ring (bicyclic) bond motifs is 2. The summed E-state index contributed by atoms with van der Waals surface area (Å²) in [6, 6.07) is 5.88. The Kier molecular flexibility index (Phi) is 7.75. The number of hydrogen-bond donors (Lipinski definition) is 3. The summed E-state index contributed by atoms with van der Waals surface area (Å²) in [6.45, 7) is 0.226. The van der Waals surface area contributed by atoms with Gasteiger partial charge in [0.25, 0.3) is 5.91 Å². The first kappa shape index (κ1) is 25.7. The van der Waals surface area contributed by atoms with E-state index < -0.39 is 48.2 Å². The Bertz CT molecular complexity index is 1250. The highest BCUT2D eigenvalue weighted by Crippen LogP contribution is 2.25. The number of nitrogens with zero attached hydrogens (tertiary/aromatic N) is 3. The quantitative estimate of drug-likeness (QED) is 0.417. The van der Waals surface area contributed by atoms with E-state index in [4.69, 9.17) is 5.11 Å². The number of aliphatic carboxylic acids is 1. The van der Waals surface area contributed by atoms with Gasteiger partial charge >= 0.3 is 5.97 Å². The van der Waals surface area contributed by atoms with Crippen LogP contribution in [0.25, 0.3) is 10.9 Å². The van der Waals surface area contributed by atoms with Crippen LogP contribution in [0.4, 0.5) is 0 Å². The third-order valence-electron chi connectivity index (χ3n) is 6.40. The second kappa shape index (κ2) is 11.1. The van der Waals surface area contributed by atoms with Crippen molar-refractivity contribution in [2.24, 2.45) is 0 Å². The van der Waals surface area contributed by atoms with Crippen LogP contribution in [0.5, 0.6) is 0 Å². The topological polar surface area (TPSA) is 166 Å². The van der Waals surface area contributed by atoms with Crippen molar-refractivity contribution < 1.29 is 33.9 Å². The summed E-state index contributed by atoms with van der Waals surface area (Å²) in [5, 5.41) is 17.1. The van der Waals surface area contributed by atoms with Crippen LogP contribution < -0.4 is 10.6 Å². The summed E-state index contributed by atoms with van der Waals surface area (Å²) < 4.78 is 0. The van der Waals surface area contributed by atoms with E-state index in [0.29, 0.717) is 18.3 Å². The maximum Gasteiger partial charge on any atom is 0.305 e. The molecule has 1 aromatic heterocycles. The number of pyridine rings is 1. The SMILES string of the molecule is O=C[C@H](CC(=O)O)NC(=O)[C@@H]1CCCN2C(=O)CC[C@H](NC(=O)Cc3cnc4ccccc4c3)C(=O)N12. The predicted octanol–water partition coefficient (Wildman–Crippen LogP) is -0.0511. The molecule has 12 nitrogen and oxygen atoms in total. The molecule has 0 saturated carbocycles. The van der Waals surface area contributed by atoms with Crippen molar-refractivity contribution in [3.8, 4) is 0 Å². The van der Waals surface area contributed by atoms with Gasteiger partial charge in [-0.1, -0.05) is 18.2 Å². The van der Waals surface area contributed by atoms with Gasteiger partial charge in [-0.25, -0.2) is 5.01 Å². The molecule has 12 heteroatoms. The fourth-order valence-corrected chi connectivity index (χ4v) is 4.65. The Morgan fingerprint density at radius 2 is 1.97 bits per heavy atom. The molecule has 2 saturated heterocycles. The van der Waals surface area contributed by atoms with E-state index >= 15 is 0 Å². The summed E-state index contributed by atoms with van der Waals surface area (Å²) in [6.07, 6.45) is 1.97. The van der Waals surface area contributed by atoms with E-state index in [1.807, 2.05) is 30.3 Å². The van der Waals surface area contributed by atoms with Crippen molar-refractivity contribution >= 4 is 46.8 Å². The minimum absolute atomic E-state index is 0.00493. The first-order chi connectivity index (χ1) is 17.8. The van der Waals surface area contributed by atoms with E-state index in [-0.39, 0.29) is 38.1 Å². The van der Waals surface area contributed by atoms with Crippen LogP contribution in [0, 0.1) is 0 Å². The van der Waals surface area contributed by atoms with Crippen LogP contribution in [-0.2, 0) is 35.2 Å². The Balaban J connectivity index is 1.48. The smallest absolute Gasteiger partial charge is 0.305 e. The van der Waals surface area contributed by atoms with Crippen molar-refractivity contribution in [3.63, 3.8) is 0 Å². The molecule has 3 atom stereocenters. The van der Waals surface area contributed by atoms with Gasteiger partial charge in [-0.2, -0.15) is 0 Å². The van der Waals surface area contributed by atoms with Crippen molar-refractivity contribution in [1.29, 1.82) is 0 Å². The highest BCUT2D eigenvalue weighted by molar-refractivity contribution is 5.96. The highest BCUT2D eigenvalue weighted by Gasteiger charge is 2.44. The van der Waals surface area contributed by atoms with E-state index in [1.54, 1.807) is 6.20 Å². The molecule has 2 aliphatic rings. The first-order valence-electron chi connectivity index (χ1n) is 12.0. The first-order valence-corrected chi connectivity index (χ1v) is 12.0. The molecule has 0 radical (unpaired) electrons. The summed E-state index contributed by atoms with van der Waals surface area (Å²) >= 11 is 0. The molecule has 4 amide bonds. The van der Waals surface area contributed by atoms with Gasteiger partial charge in [0.15, 0.2) is 0 Å². The van der Waals surface area contributed by atoms with E-state index in [9.17, 15) is 28.8 Å². The van der Waals surface area contributed by atoms with Crippen LogP contribution in [-0.4, -0.2) is 80.7 Å². The Morgan fingerprint density at radius 1 is 1.19 bits per heavy atom. The van der Waals surface area contributed by atoms with Crippen molar-refractivity contribution in [3.05, 3.63) is 42.1 Å². The summed E-state index contributed by atoms with van der Waals surface area (Å²) in [5.74, 6) is -3.42. The van der Waals surface area contributed by atoms with Gasteiger partial charge in [0.05, 0.1) is 24.4 Å². The van der Waals surface area contributed by atoms with Crippen molar-refractivity contribution in [2.45, 2.75) is 56.7 Å². The zero-order chi connectivity index (χ0) is 26.5. The van der Waals surface area contributed by atoms with Crippen LogP contribution in [0.15, 0.2) is 36.5 Å². The largest absolute Gasteiger partial charge is 0.481 e. The van der Waals surface area contributed by atoms with Crippen LogP contribution in [0.2, 0.25) is 0 Å². The average Bonchev–Trinajstić information content (AvgIpc) is 3.00. The molecule has 2 aliphatic heterocycles. The molecule has 0 aliphatic carbocycles. The van der Waals surface area contributed by atoms with Gasteiger partial charge in [-0.05, 0) is 37.0 Å². The standard InChI is InChI=1S/C25H27N5O7/c31-14-17(12-23(34)35)27-24(36)20-6-3-9-29-22(33)8-7-19(25(37)30(20)29)28-21(32)11-15-10-16-4-1-2-5-18(16)26-13-15/h1-2,4-5,10,13-14,17,19-20H,3,6-9,11-12H2,(H,27,36)(H,28,32)(H,34,35)/t17-,19-,20-/m0/s1. The number of aldehydes is 1. The zero-order valence-electron chi connectivity index (χ0n) is 20.0. The monoisotopic (exact) mass is 509 g/mol. The molecule has 0 unspecified atom stereocenters. The lowest BCUT2D eigenvalue weighted by Gasteiger charge is -2.43. The minimum Gasteiger partial charge on any atom is -0.481 e. The Morgan fingerprint density at radius 3 is 2.73 bits per heavy atom. The van der Waals surface area contributed by atoms with Gasteiger partial charge in [-0.3, -0.25) is 34.0 Å². The van der Waals surface area contributed by atoms with Crippen LogP contribution in [0.1, 0.15) is 37.7 Å². The molecule has 4 rings (SSSR count). The fourth-order valence-electron chi connectivity index (χ4n) is 4.65. The molecule has 2 fully saturated rings. The Hall–Kier alpha value is -4.35. The molecule has 37 heavy (non-hydrogen) atoms. The van der Waals surface area contributed by atoms with Crippen molar-refractivity contribution in [1.82, 2.24) is 25.6 Å². The second-order valence-corrected chi connectivity index (χ2v) is 9.08. The number of carbonyl (C=O) groups excluding carboxylic acids is 5. The van der Waals surface area contributed by atoms with Gasteiger partial charge < -0.3 is 20.5 Å². The number of amides is 4. The molecule has 194 valence electrons. The maximum absolute atomic E-state index is 13.5. The molecule has 3 heterocycles. The molecule has 2 aromatic rings. The maximum atomic E-state index is 13.5. The number of carboxylic acid groups (broad SMARTS) is 1. The number of nitrogens with one attached hydrogen (secondary N) is 2. The number of aromatic nitrogens is 1. The number of rotatable bonds is 8. The lowest BCUT2D eigenvalue weighted by Crippen LogP contribution is -2.64. The molecule has 1 aromatic carbocycles. The minimum atomic E-state index is -1.27. The fraction of sp³-hybridized carbons (Fsp3) is 0.400. The molecule has 3 N–H and O–H groups in total. The van der Waals surface area contributed by atoms with E-state index in [1.165, 1.54) is 5.01 Å². The molecular formula is C25H27N5O7. The van der Waals surface area contributed by atoms with E-state index in [2.05, 4.69) is 15.6 Å². The number of hydrogen-bond acceptors (Lipinski definition) is 7. The molecular weight excluding hydrogens is 482 g/mol. The Labute approximate surface area is 212 Å². The van der Waals surface area contributed by atoms with E-state index in [0.717, 1.165) is 15.9 Å². The molecule has 0 bridgehead atoms. The lowest BCUT2D eigenvalue weighted by atomic mass is 10.0. The number of benzene rings is 1. The lowest BCUT2D eigenvalue weighted by molar-refractivity contribution is -0.176. The summed E-state index contributed by atoms with van der Waals surface area (Å²) in [4.78, 5) is 78.6. The van der Waals surface area contributed by atoms with Crippen molar-refractivity contribution in [2.75, 3.05) is 6.54 Å². The predicted molar refractivity (Wildman–Crippen MR) is 128 cm³/mol. The normalized spacial score (nSPS) is 20.5. The van der Waals surface area contributed by atoms with Gasteiger partial charge in [0, 0.05) is 24.5 Å². The van der Waals surface area contributed by atoms with Gasteiger partial charge in [0.2, 0.25) is 17.7 Å². The highest BCUT2D eigenvalue weighted by atomic mass is 16.4. The zero-order valence-corrected chi connectivity index (χ0v) is 20.0. The molecule has 0 spiro atoms. The summed E-state index contributed by atoms with van der Waals surface area (Å²) in [7, 11) is 0. The van der Waals surface area contributed by atoms with Crippen LogP contribution in [0.3, 0.4) is 0 Å². The average molecular weight is 510 g/mol. The number of hydrazine groups is 1. The second-order valence-electron chi connectivity index (χ2n) is 9.08. The van der Waals surface area contributed by atoms with Gasteiger partial charge in [0.1, 0.15) is 18.4 Å². The number of para-hydroxylation sites is 1. The third kappa shape index (κ3) is 5.90. The number of carbonyl (C=O) groups is 6. The van der Waals surface area contributed by atoms with Crippen LogP contribution >= 0.6 is 0 Å².